The van der Waals surface area contributed by atoms with E-state index in [1.54, 1.807) is 0 Å². The number of likely N-dealkylation sites (N-methyl/N-ethyl adjacent to an activating group) is 1. The second-order valence-corrected chi connectivity index (χ2v) is 4.52. The first kappa shape index (κ1) is 12.3. The van der Waals surface area contributed by atoms with Crippen LogP contribution in [0.1, 0.15) is 13.8 Å². The van der Waals surface area contributed by atoms with Gasteiger partial charge in [0, 0.05) is 32.7 Å². The fourth-order valence-corrected chi connectivity index (χ4v) is 1.40. The molecule has 15 heavy (non-hydrogen) atoms. The molecular formula is C10H23N5. The van der Waals surface area contributed by atoms with Gasteiger partial charge in [0.15, 0.2) is 0 Å². The van der Waals surface area contributed by atoms with E-state index in [9.17, 15) is 0 Å². The van der Waals surface area contributed by atoms with Crippen LogP contribution in [0.2, 0.25) is 0 Å². The van der Waals surface area contributed by atoms with Gasteiger partial charge in [0.2, 0.25) is 5.96 Å². The quantitative estimate of drug-likeness (QED) is 0.499. The summed E-state index contributed by atoms with van der Waals surface area (Å²) in [6, 6.07) is 0. The number of aliphatic imine (C=N–C) groups is 1. The lowest BCUT2D eigenvalue weighted by Gasteiger charge is -2.32. The Morgan fingerprint density at radius 1 is 1.33 bits per heavy atom. The average Bonchev–Trinajstić information content (AvgIpc) is 2.19. The number of hydrogen-bond donors (Lipinski definition) is 2. The van der Waals surface area contributed by atoms with E-state index in [1.165, 1.54) is 0 Å². The third-order valence-corrected chi connectivity index (χ3v) is 2.40. The lowest BCUT2D eigenvalue weighted by atomic mass is 10.2. The van der Waals surface area contributed by atoms with Gasteiger partial charge >= 0.3 is 0 Å². The van der Waals surface area contributed by atoms with Crippen molar-refractivity contribution in [3.63, 3.8) is 0 Å². The molecule has 1 saturated heterocycles. The van der Waals surface area contributed by atoms with Crippen LogP contribution in [0.5, 0.6) is 0 Å². The van der Waals surface area contributed by atoms with Crippen molar-refractivity contribution in [2.75, 3.05) is 39.8 Å². The van der Waals surface area contributed by atoms with Crippen molar-refractivity contribution in [3.8, 4) is 0 Å². The molecule has 1 fully saturated rings. The topological polar surface area (TPSA) is 56.9 Å². The highest BCUT2D eigenvalue weighted by Gasteiger charge is 2.13. The van der Waals surface area contributed by atoms with Crippen LogP contribution in [0, 0.1) is 5.92 Å². The number of guanidine groups is 1. The van der Waals surface area contributed by atoms with Gasteiger partial charge in [0.1, 0.15) is 0 Å². The van der Waals surface area contributed by atoms with Crippen molar-refractivity contribution < 1.29 is 0 Å². The third-order valence-electron chi connectivity index (χ3n) is 2.40. The predicted octanol–water partition coefficient (Wildman–Crippen LogP) is -0.291. The zero-order valence-electron chi connectivity index (χ0n) is 10.0. The van der Waals surface area contributed by atoms with Gasteiger partial charge in [-0.3, -0.25) is 10.4 Å². The van der Waals surface area contributed by atoms with E-state index < -0.39 is 0 Å². The van der Waals surface area contributed by atoms with Crippen molar-refractivity contribution in [1.82, 2.24) is 15.3 Å². The minimum Gasteiger partial charge on any atom is -0.369 e. The van der Waals surface area contributed by atoms with Gasteiger partial charge in [-0.15, -0.1) is 0 Å². The summed E-state index contributed by atoms with van der Waals surface area (Å²) in [5, 5.41) is 2.12. The molecule has 1 aliphatic rings. The first-order valence-electron chi connectivity index (χ1n) is 5.58. The number of nitrogens with two attached hydrogens (primary N) is 1. The Morgan fingerprint density at radius 2 is 1.93 bits per heavy atom. The van der Waals surface area contributed by atoms with Crippen molar-refractivity contribution in [1.29, 1.82) is 0 Å². The summed E-state index contributed by atoms with van der Waals surface area (Å²) in [7, 11) is 2.13. The molecule has 0 aliphatic carbocycles. The molecule has 0 aromatic rings. The zero-order chi connectivity index (χ0) is 11.3. The van der Waals surface area contributed by atoms with E-state index in [2.05, 4.69) is 41.2 Å². The Labute approximate surface area is 92.3 Å². The highest BCUT2D eigenvalue weighted by molar-refractivity contribution is 5.77. The highest BCUT2D eigenvalue weighted by atomic mass is 15.6. The van der Waals surface area contributed by atoms with Gasteiger partial charge in [0.25, 0.3) is 0 Å². The van der Waals surface area contributed by atoms with Crippen LogP contribution < -0.4 is 11.2 Å². The molecule has 1 aliphatic heterocycles. The van der Waals surface area contributed by atoms with Crippen LogP contribution in [-0.2, 0) is 0 Å². The van der Waals surface area contributed by atoms with Crippen LogP contribution in [0.25, 0.3) is 0 Å². The second-order valence-electron chi connectivity index (χ2n) is 4.52. The van der Waals surface area contributed by atoms with Crippen LogP contribution in [0.15, 0.2) is 4.99 Å². The van der Waals surface area contributed by atoms with Crippen LogP contribution in [0.4, 0.5) is 0 Å². The molecule has 88 valence electrons. The smallest absolute Gasteiger partial charge is 0.203 e. The van der Waals surface area contributed by atoms with E-state index >= 15 is 0 Å². The Balaban J connectivity index is 2.25. The molecule has 5 heteroatoms. The van der Waals surface area contributed by atoms with Gasteiger partial charge in [0.05, 0.1) is 0 Å². The molecule has 0 aromatic heterocycles. The molecule has 0 radical (unpaired) electrons. The number of hydrogen-bond acceptors (Lipinski definition) is 3. The molecule has 3 N–H and O–H groups in total. The number of rotatable bonds is 3. The van der Waals surface area contributed by atoms with Crippen molar-refractivity contribution >= 4 is 5.96 Å². The maximum Gasteiger partial charge on any atom is 0.203 e. The lowest BCUT2D eigenvalue weighted by molar-refractivity contribution is 0.130. The molecule has 0 bridgehead atoms. The summed E-state index contributed by atoms with van der Waals surface area (Å²) in [6.07, 6.45) is 0. The molecule has 0 saturated carbocycles. The van der Waals surface area contributed by atoms with E-state index in [0.29, 0.717) is 11.9 Å². The monoisotopic (exact) mass is 213 g/mol. The standard InChI is InChI=1S/C10H23N5/c1-9(2)8-12-10(11)13-15-6-4-14(3)5-7-15/h9H,4-8H2,1-3H3,(H3,11,12,13). The highest BCUT2D eigenvalue weighted by Crippen LogP contribution is 1.95. The predicted molar refractivity (Wildman–Crippen MR) is 63.5 cm³/mol. The van der Waals surface area contributed by atoms with Gasteiger partial charge < -0.3 is 10.6 Å². The summed E-state index contributed by atoms with van der Waals surface area (Å²) in [5.74, 6) is 1.09. The Hall–Kier alpha value is -0.810. The van der Waals surface area contributed by atoms with Crippen LogP contribution in [-0.4, -0.2) is 55.6 Å². The number of piperazine rings is 1. The average molecular weight is 213 g/mol. The summed E-state index contributed by atoms with van der Waals surface area (Å²) in [5.41, 5.74) is 8.90. The molecule has 0 atom stereocenters. The zero-order valence-corrected chi connectivity index (χ0v) is 10.0. The Morgan fingerprint density at radius 3 is 2.47 bits per heavy atom. The molecule has 1 rings (SSSR count). The van der Waals surface area contributed by atoms with E-state index in [-0.39, 0.29) is 0 Å². The Kier molecular flexibility index (Phi) is 4.84. The summed E-state index contributed by atoms with van der Waals surface area (Å²) < 4.78 is 0. The maximum absolute atomic E-state index is 5.77. The molecule has 0 spiro atoms. The minimum absolute atomic E-state index is 0.535. The molecule has 1 heterocycles. The van der Waals surface area contributed by atoms with Gasteiger partial charge in [-0.2, -0.15) is 0 Å². The first-order valence-corrected chi connectivity index (χ1v) is 5.58. The third kappa shape index (κ3) is 4.99. The van der Waals surface area contributed by atoms with Crippen molar-refractivity contribution in [2.24, 2.45) is 16.6 Å². The number of hydrazine groups is 1. The Bertz CT molecular complexity index is 206. The summed E-state index contributed by atoms with van der Waals surface area (Å²) >= 11 is 0. The molecule has 0 aromatic carbocycles. The van der Waals surface area contributed by atoms with E-state index in [4.69, 9.17) is 5.73 Å². The second kappa shape index (κ2) is 5.92. The molecule has 0 unspecified atom stereocenters. The van der Waals surface area contributed by atoms with Crippen molar-refractivity contribution in [2.45, 2.75) is 13.8 Å². The molecule has 0 amide bonds. The lowest BCUT2D eigenvalue weighted by Crippen LogP contribution is -2.54. The van der Waals surface area contributed by atoms with Gasteiger partial charge in [-0.05, 0) is 13.0 Å². The van der Waals surface area contributed by atoms with E-state index in [1.807, 2.05) is 0 Å². The van der Waals surface area contributed by atoms with E-state index in [0.717, 1.165) is 32.7 Å². The summed E-state index contributed by atoms with van der Waals surface area (Å²) in [6.45, 7) is 9.18. The minimum atomic E-state index is 0.535. The van der Waals surface area contributed by atoms with Crippen molar-refractivity contribution in [3.05, 3.63) is 0 Å². The number of nitrogens with zero attached hydrogens (tertiary/aromatic N) is 3. The maximum atomic E-state index is 5.77. The van der Waals surface area contributed by atoms with Gasteiger partial charge in [-0.1, -0.05) is 13.8 Å². The van der Waals surface area contributed by atoms with Gasteiger partial charge in [-0.25, -0.2) is 5.01 Å². The normalized spacial score (nSPS) is 20.9. The number of nitrogens with one attached hydrogen (secondary N) is 1. The fourth-order valence-electron chi connectivity index (χ4n) is 1.40. The largest absolute Gasteiger partial charge is 0.369 e. The SMILES string of the molecule is CC(C)CN=C(N)NN1CCN(C)CC1. The van der Waals surface area contributed by atoms with Crippen LogP contribution >= 0.6 is 0 Å². The van der Waals surface area contributed by atoms with Crippen LogP contribution in [0.3, 0.4) is 0 Å². The molecular weight excluding hydrogens is 190 g/mol. The molecule has 5 nitrogen and oxygen atoms in total. The summed E-state index contributed by atoms with van der Waals surface area (Å²) in [4.78, 5) is 6.57. The fraction of sp³-hybridized carbons (Fsp3) is 0.900. The first-order chi connectivity index (χ1) is 7.08.